The van der Waals surface area contributed by atoms with Gasteiger partial charge in [0.05, 0.1) is 5.69 Å². The first kappa shape index (κ1) is 31.3. The van der Waals surface area contributed by atoms with Crippen molar-refractivity contribution in [2.45, 2.75) is 90.5 Å². The Bertz CT molecular complexity index is 1040. The Kier molecular flexibility index (Phi) is 10.5. The molecule has 10 nitrogen and oxygen atoms in total. The highest BCUT2D eigenvalue weighted by Crippen LogP contribution is 2.24. The minimum absolute atomic E-state index is 0.0919. The highest BCUT2D eigenvalue weighted by atomic mass is 79.9. The molecule has 2 aliphatic rings. The van der Waals surface area contributed by atoms with Gasteiger partial charge in [0.25, 0.3) is 0 Å². The number of hydrogen-bond donors (Lipinski definition) is 2. The number of nitrogens with one attached hydrogen (secondary N) is 1. The van der Waals surface area contributed by atoms with E-state index in [9.17, 15) is 23.6 Å². The molecule has 1 aromatic carbocycles. The number of benzene rings is 1. The maximum absolute atomic E-state index is 13.8. The molecule has 0 bridgehead atoms. The molecule has 2 fully saturated rings. The van der Waals surface area contributed by atoms with Gasteiger partial charge in [-0.3, -0.25) is 14.6 Å². The molecule has 0 saturated carbocycles. The van der Waals surface area contributed by atoms with E-state index >= 15 is 0 Å². The Hall–Kier alpha value is -2.89. The smallest absolute Gasteiger partial charge is 0.411 e. The molecule has 0 aromatic heterocycles. The summed E-state index contributed by atoms with van der Waals surface area (Å²) in [5.41, 5.74) is -1.12. The van der Waals surface area contributed by atoms with Crippen molar-refractivity contribution in [1.82, 2.24) is 9.80 Å². The van der Waals surface area contributed by atoms with Crippen molar-refractivity contribution in [1.29, 1.82) is 0 Å². The van der Waals surface area contributed by atoms with E-state index < -0.39 is 53.2 Å². The summed E-state index contributed by atoms with van der Waals surface area (Å²) in [7, 11) is 0. The second-order valence-electron chi connectivity index (χ2n) is 11.1. The molecule has 2 atom stereocenters. The van der Waals surface area contributed by atoms with E-state index in [-0.39, 0.29) is 5.69 Å². The molecule has 2 unspecified atom stereocenters. The molecular weight excluding hydrogens is 565 g/mol. The number of carboxylic acids is 1. The molecule has 212 valence electrons. The fraction of sp³-hybridized carbons (Fsp3) is 0.615. The second kappa shape index (κ2) is 12.8. The molecular formula is C26H37BrFN3O7. The van der Waals surface area contributed by atoms with Gasteiger partial charge in [-0.1, -0.05) is 15.9 Å². The molecule has 2 heterocycles. The van der Waals surface area contributed by atoms with Gasteiger partial charge in [-0.2, -0.15) is 0 Å². The van der Waals surface area contributed by atoms with Crippen molar-refractivity contribution in [3.63, 3.8) is 0 Å². The molecule has 12 heteroatoms. The van der Waals surface area contributed by atoms with Crippen LogP contribution in [0.2, 0.25) is 0 Å². The Morgan fingerprint density at radius 2 is 1.39 bits per heavy atom. The van der Waals surface area contributed by atoms with E-state index in [0.29, 0.717) is 36.8 Å². The highest BCUT2D eigenvalue weighted by molar-refractivity contribution is 9.10. The van der Waals surface area contributed by atoms with E-state index in [2.05, 4.69) is 21.2 Å². The summed E-state index contributed by atoms with van der Waals surface area (Å²) in [6, 6.07) is 3.02. The number of anilines is 1. The predicted molar refractivity (Wildman–Crippen MR) is 142 cm³/mol. The van der Waals surface area contributed by atoms with Gasteiger partial charge in [0, 0.05) is 17.6 Å². The Morgan fingerprint density at radius 1 is 0.921 bits per heavy atom. The number of rotatable bonds is 3. The largest absolute Gasteiger partial charge is 0.480 e. The van der Waals surface area contributed by atoms with Gasteiger partial charge >= 0.3 is 18.2 Å². The fourth-order valence-corrected chi connectivity index (χ4v) is 4.28. The molecule has 0 spiro atoms. The lowest BCUT2D eigenvalue weighted by Crippen LogP contribution is -2.45. The van der Waals surface area contributed by atoms with Gasteiger partial charge in [0.15, 0.2) is 0 Å². The van der Waals surface area contributed by atoms with Crippen LogP contribution in [0.15, 0.2) is 22.7 Å². The van der Waals surface area contributed by atoms with Gasteiger partial charge < -0.3 is 19.9 Å². The zero-order valence-electron chi connectivity index (χ0n) is 22.7. The van der Waals surface area contributed by atoms with Crippen LogP contribution in [0.3, 0.4) is 0 Å². The maximum atomic E-state index is 13.8. The Labute approximate surface area is 230 Å². The minimum Gasteiger partial charge on any atom is -0.480 e. The minimum atomic E-state index is -0.960. The third-order valence-electron chi connectivity index (χ3n) is 5.54. The lowest BCUT2D eigenvalue weighted by Gasteiger charge is -2.28. The molecule has 2 aliphatic heterocycles. The van der Waals surface area contributed by atoms with Crippen LogP contribution in [0.5, 0.6) is 0 Å². The summed E-state index contributed by atoms with van der Waals surface area (Å²) in [5.74, 6) is -1.90. The Balaban J connectivity index is 0.000000293. The van der Waals surface area contributed by atoms with E-state index in [0.717, 1.165) is 6.42 Å². The first-order chi connectivity index (χ1) is 17.5. The number of amides is 3. The van der Waals surface area contributed by atoms with Crippen molar-refractivity contribution in [2.24, 2.45) is 0 Å². The number of carbonyl (C=O) groups excluding carboxylic acids is 3. The van der Waals surface area contributed by atoms with Crippen LogP contribution in [0.4, 0.5) is 19.7 Å². The first-order valence-corrected chi connectivity index (χ1v) is 13.3. The number of carbonyl (C=O) groups is 4. The lowest BCUT2D eigenvalue weighted by molar-refractivity contribution is -0.142. The van der Waals surface area contributed by atoms with Gasteiger partial charge in [-0.15, -0.1) is 0 Å². The van der Waals surface area contributed by atoms with Crippen LogP contribution in [-0.2, 0) is 19.1 Å². The molecule has 2 N–H and O–H groups in total. The number of carboxylic acid groups (broad SMARTS) is 1. The standard InChI is InChI=1S/C16H20BrFN2O3.C10H17NO4/c1-16(2,3)23-15(22)20-8-4-5-13(20)14(21)19-12-7-6-10(17)9-11(12)18;1-10(2,3)15-9(14)11-6-4-5-7(11)8(12)13/h6-7,9,13H,4-5,8H2,1-3H3,(H,19,21);7H,4-6H2,1-3H3,(H,12,13). The molecule has 1 aromatic rings. The van der Waals surface area contributed by atoms with Crippen molar-refractivity contribution in [3.05, 3.63) is 28.5 Å². The number of nitrogens with zero attached hydrogens (tertiary/aromatic N) is 2. The van der Waals surface area contributed by atoms with Gasteiger partial charge in [-0.25, -0.2) is 18.8 Å². The zero-order valence-corrected chi connectivity index (χ0v) is 24.3. The molecule has 2 saturated heterocycles. The van der Waals surface area contributed by atoms with Gasteiger partial charge in [-0.05, 0) is 85.4 Å². The van der Waals surface area contributed by atoms with Crippen LogP contribution in [0.1, 0.15) is 67.2 Å². The third-order valence-corrected chi connectivity index (χ3v) is 6.03. The number of ether oxygens (including phenoxy) is 2. The molecule has 0 radical (unpaired) electrons. The summed E-state index contributed by atoms with van der Waals surface area (Å²) < 4.78 is 24.9. The molecule has 0 aliphatic carbocycles. The van der Waals surface area contributed by atoms with Crippen molar-refractivity contribution in [2.75, 3.05) is 18.4 Å². The van der Waals surface area contributed by atoms with Crippen molar-refractivity contribution >= 4 is 45.7 Å². The normalized spacial score (nSPS) is 19.4. The van der Waals surface area contributed by atoms with Crippen LogP contribution in [-0.4, -0.2) is 75.3 Å². The summed E-state index contributed by atoms with van der Waals surface area (Å²) in [6.07, 6.45) is 1.41. The van der Waals surface area contributed by atoms with Crippen molar-refractivity contribution in [3.8, 4) is 0 Å². The van der Waals surface area contributed by atoms with E-state index in [1.165, 1.54) is 21.9 Å². The van der Waals surface area contributed by atoms with E-state index in [1.54, 1.807) is 47.6 Å². The number of halogens is 2. The second-order valence-corrected chi connectivity index (χ2v) is 12.0. The number of hydrogen-bond acceptors (Lipinski definition) is 6. The molecule has 38 heavy (non-hydrogen) atoms. The maximum Gasteiger partial charge on any atom is 0.411 e. The SMILES string of the molecule is CC(C)(C)OC(=O)N1CCCC1C(=O)Nc1ccc(Br)cc1F.CC(C)(C)OC(=O)N1CCCC1C(=O)O. The van der Waals surface area contributed by atoms with Crippen molar-refractivity contribution < 1.29 is 38.1 Å². The number of aliphatic carboxylic acids is 1. The molecule has 3 rings (SSSR count). The third kappa shape index (κ3) is 9.45. The summed E-state index contributed by atoms with van der Waals surface area (Å²) >= 11 is 3.16. The zero-order chi connectivity index (χ0) is 28.8. The van der Waals surface area contributed by atoms with E-state index in [4.69, 9.17) is 14.6 Å². The van der Waals surface area contributed by atoms with Gasteiger partial charge in [0.2, 0.25) is 5.91 Å². The topological polar surface area (TPSA) is 125 Å². The average Bonchev–Trinajstić information content (AvgIpc) is 3.44. The monoisotopic (exact) mass is 601 g/mol. The number of likely N-dealkylation sites (tertiary alicyclic amines) is 2. The molecule has 3 amide bonds. The van der Waals surface area contributed by atoms with Crippen LogP contribution in [0, 0.1) is 5.82 Å². The fourth-order valence-electron chi connectivity index (χ4n) is 3.95. The van der Waals surface area contributed by atoms with Gasteiger partial charge in [0.1, 0.15) is 29.1 Å². The van der Waals surface area contributed by atoms with Crippen LogP contribution in [0.25, 0.3) is 0 Å². The summed E-state index contributed by atoms with van der Waals surface area (Å²) in [5, 5.41) is 11.4. The van der Waals surface area contributed by atoms with Crippen LogP contribution >= 0.6 is 15.9 Å². The highest BCUT2D eigenvalue weighted by Gasteiger charge is 2.37. The average molecular weight is 602 g/mol. The quantitative estimate of drug-likeness (QED) is 0.475. The Morgan fingerprint density at radius 3 is 1.84 bits per heavy atom. The van der Waals surface area contributed by atoms with E-state index in [1.807, 2.05) is 0 Å². The summed E-state index contributed by atoms with van der Waals surface area (Å²) in [6.45, 7) is 11.5. The lowest BCUT2D eigenvalue weighted by atomic mass is 10.2. The van der Waals surface area contributed by atoms with Crippen LogP contribution < -0.4 is 5.32 Å². The summed E-state index contributed by atoms with van der Waals surface area (Å²) in [4.78, 5) is 49.7. The predicted octanol–water partition coefficient (Wildman–Crippen LogP) is 5.40. The first-order valence-electron chi connectivity index (χ1n) is 12.5.